The van der Waals surface area contributed by atoms with Gasteiger partial charge < -0.3 is 4.98 Å². The molecule has 0 aliphatic rings. The summed E-state index contributed by atoms with van der Waals surface area (Å²) in [6.07, 6.45) is 7.52. The number of aromatic amines is 1. The molecule has 2 heterocycles. The first kappa shape index (κ1) is 21.2. The first-order valence-electron chi connectivity index (χ1n) is 9.73. The third-order valence-corrected chi connectivity index (χ3v) is 5.81. The second kappa shape index (κ2) is 10.8. The van der Waals surface area contributed by atoms with Crippen molar-refractivity contribution in [2.45, 2.75) is 37.9 Å². The third kappa shape index (κ3) is 6.49. The van der Waals surface area contributed by atoms with Gasteiger partial charge in [0.1, 0.15) is 0 Å². The van der Waals surface area contributed by atoms with Gasteiger partial charge in [-0.3, -0.25) is 15.0 Å². The summed E-state index contributed by atoms with van der Waals surface area (Å²) >= 11 is 0. The molecule has 0 aliphatic heterocycles. The van der Waals surface area contributed by atoms with Gasteiger partial charge in [-0.15, -0.1) is 0 Å². The first-order chi connectivity index (χ1) is 14.2. The summed E-state index contributed by atoms with van der Waals surface area (Å²) in [7, 11) is -1.14. The van der Waals surface area contributed by atoms with Crippen LogP contribution in [-0.4, -0.2) is 31.8 Å². The maximum Gasteiger partial charge on any atom is 0.243 e. The maximum atomic E-state index is 12.2. The predicted molar refractivity (Wildman–Crippen MR) is 114 cm³/mol. The molecule has 0 saturated carbocycles. The molecule has 0 fully saturated rings. The molecule has 2 aromatic heterocycles. The van der Waals surface area contributed by atoms with Gasteiger partial charge in [0.25, 0.3) is 0 Å². The fourth-order valence-corrected chi connectivity index (χ4v) is 4.04. The number of H-pyrrole nitrogens is 1. The molecule has 154 valence electrons. The Hall–Kier alpha value is -2.55. The molecule has 0 saturated heterocycles. The number of amides is 1. The lowest BCUT2D eigenvalue weighted by Gasteiger charge is -2.06. The molecular weight excluding hydrogens is 388 g/mol. The Bertz CT molecular complexity index is 956. The summed E-state index contributed by atoms with van der Waals surface area (Å²) in [5.74, 6) is 0.0632. The van der Waals surface area contributed by atoms with Crippen molar-refractivity contribution in [1.29, 1.82) is 0 Å². The number of nitrogens with one attached hydrogen (secondary N) is 3. The van der Waals surface area contributed by atoms with Gasteiger partial charge in [0.2, 0.25) is 5.91 Å². The zero-order valence-electron chi connectivity index (χ0n) is 16.2. The van der Waals surface area contributed by atoms with Crippen molar-refractivity contribution >= 4 is 27.8 Å². The van der Waals surface area contributed by atoms with E-state index >= 15 is 0 Å². The molecule has 0 radical (unpaired) electrons. The maximum absolute atomic E-state index is 12.2. The Balaban J connectivity index is 1.39. The van der Waals surface area contributed by atoms with Crippen LogP contribution >= 0.6 is 0 Å². The van der Waals surface area contributed by atoms with Crippen LogP contribution in [0, 0.1) is 0 Å². The molecule has 1 atom stereocenters. The van der Waals surface area contributed by atoms with Crippen molar-refractivity contribution in [3.8, 4) is 11.3 Å². The smallest absolute Gasteiger partial charge is 0.243 e. The molecule has 0 spiro atoms. The molecular formula is C21H26N4O3S. The number of hydrogen-bond donors (Lipinski definition) is 4. The van der Waals surface area contributed by atoms with Crippen LogP contribution < -0.4 is 10.2 Å². The van der Waals surface area contributed by atoms with E-state index in [4.69, 9.17) is 5.21 Å². The highest BCUT2D eigenvalue weighted by molar-refractivity contribution is 7.82. The van der Waals surface area contributed by atoms with Gasteiger partial charge in [0.05, 0.1) is 22.4 Å². The van der Waals surface area contributed by atoms with Crippen molar-refractivity contribution in [3.05, 3.63) is 54.4 Å². The van der Waals surface area contributed by atoms with Crippen LogP contribution in [0.2, 0.25) is 0 Å². The van der Waals surface area contributed by atoms with E-state index in [1.807, 2.05) is 30.5 Å². The van der Waals surface area contributed by atoms with Crippen molar-refractivity contribution in [1.82, 2.24) is 20.2 Å². The summed E-state index contributed by atoms with van der Waals surface area (Å²) in [5.41, 5.74) is 5.56. The van der Waals surface area contributed by atoms with Gasteiger partial charge in [-0.25, -0.2) is 14.4 Å². The summed E-state index contributed by atoms with van der Waals surface area (Å²) in [4.78, 5) is 18.6. The SMILES string of the molecule is O=C(CCCCCCNS(=O)Cc1ccc(-c2ccc3cc[nH]c3c2)nc1)NO. The van der Waals surface area contributed by atoms with Crippen molar-refractivity contribution in [3.63, 3.8) is 0 Å². The third-order valence-electron chi connectivity index (χ3n) is 4.69. The minimum Gasteiger partial charge on any atom is -0.361 e. The molecule has 1 unspecified atom stereocenters. The largest absolute Gasteiger partial charge is 0.361 e. The number of pyridine rings is 1. The normalized spacial score (nSPS) is 12.2. The van der Waals surface area contributed by atoms with Gasteiger partial charge in [-0.05, 0) is 42.0 Å². The number of rotatable bonds is 11. The second-order valence-electron chi connectivity index (χ2n) is 6.91. The van der Waals surface area contributed by atoms with Crippen LogP contribution in [0.1, 0.15) is 37.7 Å². The molecule has 3 rings (SSSR count). The first-order valence-corrected chi connectivity index (χ1v) is 11.0. The lowest BCUT2D eigenvalue weighted by molar-refractivity contribution is -0.129. The Morgan fingerprint density at radius 2 is 1.97 bits per heavy atom. The number of fused-ring (bicyclic) bond motifs is 1. The lowest BCUT2D eigenvalue weighted by Crippen LogP contribution is -2.20. The molecule has 0 bridgehead atoms. The standard InChI is InChI=1S/C21H26N4O3S/c26-21(25-27)5-3-1-2-4-11-24-29(28)15-16-6-9-19(23-14-16)18-8-7-17-10-12-22-20(17)13-18/h6-10,12-14,22,24,27H,1-5,11,15H2,(H,25,26). The van der Waals surface area contributed by atoms with Crippen LogP contribution in [0.25, 0.3) is 22.2 Å². The average molecular weight is 415 g/mol. The van der Waals surface area contributed by atoms with Crippen molar-refractivity contribution < 1.29 is 14.2 Å². The molecule has 7 nitrogen and oxygen atoms in total. The number of unbranched alkanes of at least 4 members (excludes halogenated alkanes) is 3. The molecule has 3 aromatic rings. The summed E-state index contributed by atoms with van der Waals surface area (Å²) in [5, 5.41) is 9.58. The number of carbonyl (C=O) groups is 1. The molecule has 8 heteroatoms. The summed E-state index contributed by atoms with van der Waals surface area (Å²) in [6.45, 7) is 0.667. The Labute approximate surface area is 172 Å². The Morgan fingerprint density at radius 1 is 1.10 bits per heavy atom. The van der Waals surface area contributed by atoms with E-state index in [1.54, 1.807) is 11.7 Å². The monoisotopic (exact) mass is 414 g/mol. The fourth-order valence-electron chi connectivity index (χ4n) is 3.10. The number of benzene rings is 1. The Morgan fingerprint density at radius 3 is 2.76 bits per heavy atom. The second-order valence-corrected chi connectivity index (χ2v) is 8.18. The molecule has 1 aromatic carbocycles. The van der Waals surface area contributed by atoms with Gasteiger partial charge >= 0.3 is 0 Å². The highest BCUT2D eigenvalue weighted by Crippen LogP contribution is 2.22. The zero-order chi connectivity index (χ0) is 20.5. The van der Waals surface area contributed by atoms with Crippen molar-refractivity contribution in [2.24, 2.45) is 0 Å². The highest BCUT2D eigenvalue weighted by atomic mass is 32.2. The van der Waals surface area contributed by atoms with Crippen LogP contribution in [0.5, 0.6) is 0 Å². The number of hydrogen-bond acceptors (Lipinski definition) is 4. The fraction of sp³-hybridized carbons (Fsp3) is 0.333. The Kier molecular flexibility index (Phi) is 7.92. The average Bonchev–Trinajstić information content (AvgIpc) is 3.21. The van der Waals surface area contributed by atoms with E-state index < -0.39 is 11.0 Å². The van der Waals surface area contributed by atoms with Crippen LogP contribution in [-0.2, 0) is 21.5 Å². The van der Waals surface area contributed by atoms with Crippen LogP contribution in [0.4, 0.5) is 0 Å². The highest BCUT2D eigenvalue weighted by Gasteiger charge is 2.05. The van der Waals surface area contributed by atoms with Gasteiger partial charge in [-0.2, -0.15) is 0 Å². The van der Waals surface area contributed by atoms with E-state index in [1.165, 1.54) is 5.39 Å². The molecule has 1 amide bonds. The van der Waals surface area contributed by atoms with Crippen LogP contribution in [0.15, 0.2) is 48.8 Å². The molecule has 29 heavy (non-hydrogen) atoms. The number of nitrogens with zero attached hydrogens (tertiary/aromatic N) is 1. The molecule has 4 N–H and O–H groups in total. The summed E-state index contributed by atoms with van der Waals surface area (Å²) < 4.78 is 15.2. The van der Waals surface area contributed by atoms with Gasteiger partial charge in [0, 0.05) is 36.4 Å². The lowest BCUT2D eigenvalue weighted by atomic mass is 10.1. The van der Waals surface area contributed by atoms with E-state index in [0.29, 0.717) is 18.7 Å². The molecule has 0 aliphatic carbocycles. The van der Waals surface area contributed by atoms with E-state index in [9.17, 15) is 9.00 Å². The van der Waals surface area contributed by atoms with E-state index in [0.717, 1.165) is 48.0 Å². The zero-order valence-corrected chi connectivity index (χ0v) is 17.0. The minimum absolute atomic E-state index is 0.331. The van der Waals surface area contributed by atoms with Crippen LogP contribution in [0.3, 0.4) is 0 Å². The van der Waals surface area contributed by atoms with E-state index in [2.05, 4.69) is 26.8 Å². The predicted octanol–water partition coefficient (Wildman–Crippen LogP) is 3.44. The minimum atomic E-state index is -1.14. The quantitative estimate of drug-likeness (QED) is 0.219. The van der Waals surface area contributed by atoms with Gasteiger partial charge in [0.15, 0.2) is 0 Å². The van der Waals surface area contributed by atoms with E-state index in [-0.39, 0.29) is 5.91 Å². The van der Waals surface area contributed by atoms with Crippen molar-refractivity contribution in [2.75, 3.05) is 6.54 Å². The topological polar surface area (TPSA) is 107 Å². The number of aromatic nitrogens is 2. The number of carbonyl (C=O) groups excluding carboxylic acids is 1. The summed E-state index contributed by atoms with van der Waals surface area (Å²) in [6, 6.07) is 12.2. The number of hydroxylamine groups is 1. The van der Waals surface area contributed by atoms with Gasteiger partial charge in [-0.1, -0.05) is 31.0 Å².